The molecule has 0 radical (unpaired) electrons. The second-order valence-electron chi connectivity index (χ2n) is 3.77. The second kappa shape index (κ2) is 5.68. The van der Waals surface area contributed by atoms with Crippen molar-refractivity contribution in [2.75, 3.05) is 0 Å². The van der Waals surface area contributed by atoms with Gasteiger partial charge in [-0.15, -0.1) is 0 Å². The minimum atomic E-state index is -4.64. The summed E-state index contributed by atoms with van der Waals surface area (Å²) in [6.07, 6.45) is -3.74. The molecular formula is C12H6F4N2O2S. The van der Waals surface area contributed by atoms with E-state index in [9.17, 15) is 22.4 Å². The molecule has 0 saturated heterocycles. The Morgan fingerprint density at radius 3 is 2.57 bits per heavy atom. The lowest BCUT2D eigenvalue weighted by Crippen LogP contribution is -2.08. The summed E-state index contributed by atoms with van der Waals surface area (Å²) in [6, 6.07) is 3.66. The van der Waals surface area contributed by atoms with Gasteiger partial charge in [0, 0.05) is 6.20 Å². The summed E-state index contributed by atoms with van der Waals surface area (Å²) in [5.74, 6) is -2.05. The molecule has 0 saturated carbocycles. The van der Waals surface area contributed by atoms with Gasteiger partial charge in [-0.2, -0.15) is 13.2 Å². The fourth-order valence-corrected chi connectivity index (χ4v) is 2.17. The Labute approximate surface area is 119 Å². The van der Waals surface area contributed by atoms with Crippen molar-refractivity contribution in [1.29, 1.82) is 0 Å². The molecule has 9 heteroatoms. The molecule has 0 amide bonds. The average Bonchev–Trinajstić information content (AvgIpc) is 2.40. The maximum atomic E-state index is 13.6. The van der Waals surface area contributed by atoms with Crippen molar-refractivity contribution >= 4 is 17.7 Å². The van der Waals surface area contributed by atoms with Crippen molar-refractivity contribution in [2.24, 2.45) is 0 Å². The minimum absolute atomic E-state index is 0.172. The second-order valence-corrected chi connectivity index (χ2v) is 4.78. The molecule has 2 aromatic rings. The van der Waals surface area contributed by atoms with Gasteiger partial charge in [-0.3, -0.25) is 0 Å². The zero-order valence-corrected chi connectivity index (χ0v) is 10.9. The minimum Gasteiger partial charge on any atom is -0.478 e. The van der Waals surface area contributed by atoms with Crippen molar-refractivity contribution in [3.05, 3.63) is 47.5 Å². The molecule has 2 rings (SSSR count). The molecule has 0 aliphatic rings. The molecule has 1 aromatic heterocycles. The van der Waals surface area contributed by atoms with Gasteiger partial charge in [0.25, 0.3) is 0 Å². The van der Waals surface area contributed by atoms with Gasteiger partial charge in [0.05, 0.1) is 10.5 Å². The lowest BCUT2D eigenvalue weighted by molar-refractivity contribution is -0.141. The smallest absolute Gasteiger partial charge is 0.433 e. The molecule has 1 aromatic carbocycles. The number of hydrogen-bond donors (Lipinski definition) is 1. The highest BCUT2D eigenvalue weighted by Crippen LogP contribution is 2.31. The first-order valence-electron chi connectivity index (χ1n) is 5.38. The Bertz CT molecular complexity index is 691. The number of carbonyl (C=O) groups is 1. The molecule has 0 aliphatic carbocycles. The Hall–Kier alpha value is -2.16. The number of rotatable bonds is 3. The van der Waals surface area contributed by atoms with E-state index in [0.717, 1.165) is 24.4 Å². The number of aromatic nitrogens is 2. The Morgan fingerprint density at radius 2 is 1.95 bits per heavy atom. The van der Waals surface area contributed by atoms with Crippen LogP contribution >= 0.6 is 11.8 Å². The van der Waals surface area contributed by atoms with E-state index >= 15 is 0 Å². The van der Waals surface area contributed by atoms with Crippen molar-refractivity contribution in [2.45, 2.75) is 16.2 Å². The van der Waals surface area contributed by atoms with E-state index in [-0.39, 0.29) is 15.6 Å². The van der Waals surface area contributed by atoms with Gasteiger partial charge >= 0.3 is 12.1 Å². The maximum absolute atomic E-state index is 13.6. The summed E-state index contributed by atoms with van der Waals surface area (Å²) >= 11 is 0.516. The van der Waals surface area contributed by atoms with Gasteiger partial charge in [0.2, 0.25) is 0 Å². The first-order chi connectivity index (χ1) is 9.77. The Kier molecular flexibility index (Phi) is 4.12. The summed E-state index contributed by atoms with van der Waals surface area (Å²) in [5.41, 5.74) is -1.35. The number of carboxylic acid groups (broad SMARTS) is 1. The molecule has 0 spiro atoms. The summed E-state index contributed by atoms with van der Waals surface area (Å²) < 4.78 is 51.1. The van der Waals surface area contributed by atoms with E-state index in [1.54, 1.807) is 0 Å². The van der Waals surface area contributed by atoms with E-state index in [4.69, 9.17) is 5.11 Å². The summed E-state index contributed by atoms with van der Waals surface area (Å²) in [5, 5.41) is 8.48. The van der Waals surface area contributed by atoms with Gasteiger partial charge in [0.15, 0.2) is 5.16 Å². The number of aromatic carboxylic acids is 1. The number of benzene rings is 1. The van der Waals surface area contributed by atoms with E-state index in [0.29, 0.717) is 17.8 Å². The molecule has 21 heavy (non-hydrogen) atoms. The number of alkyl halides is 3. The van der Waals surface area contributed by atoms with Gasteiger partial charge < -0.3 is 5.11 Å². The maximum Gasteiger partial charge on any atom is 0.433 e. The van der Waals surface area contributed by atoms with Crippen LogP contribution < -0.4 is 0 Å². The average molecular weight is 318 g/mol. The molecule has 0 fully saturated rings. The van der Waals surface area contributed by atoms with Crippen molar-refractivity contribution in [1.82, 2.24) is 9.97 Å². The van der Waals surface area contributed by atoms with Gasteiger partial charge in [-0.05, 0) is 36.0 Å². The van der Waals surface area contributed by atoms with Crippen LogP contribution in [0.1, 0.15) is 16.1 Å². The summed E-state index contributed by atoms with van der Waals surface area (Å²) in [6.45, 7) is 0. The van der Waals surface area contributed by atoms with Crippen LogP contribution in [-0.2, 0) is 6.18 Å². The highest BCUT2D eigenvalue weighted by Gasteiger charge is 2.32. The standard InChI is InChI=1S/C12H6F4N2O2S/c13-7-2-1-6(10(19)20)5-8(7)21-11-17-4-3-9(18-11)12(14,15)16/h1-5H,(H,19,20). The fourth-order valence-electron chi connectivity index (χ4n) is 1.36. The van der Waals surface area contributed by atoms with Crippen LogP contribution in [0.15, 0.2) is 40.5 Å². The molecule has 0 unspecified atom stereocenters. The van der Waals surface area contributed by atoms with Gasteiger partial charge in [-0.1, -0.05) is 0 Å². The summed E-state index contributed by atoms with van der Waals surface area (Å²) in [7, 11) is 0. The highest BCUT2D eigenvalue weighted by atomic mass is 32.2. The zero-order chi connectivity index (χ0) is 15.6. The topological polar surface area (TPSA) is 63.1 Å². The number of carboxylic acids is 1. The van der Waals surface area contributed by atoms with Gasteiger partial charge in [-0.25, -0.2) is 19.2 Å². The number of nitrogens with zero attached hydrogens (tertiary/aromatic N) is 2. The lowest BCUT2D eigenvalue weighted by Gasteiger charge is -2.07. The first kappa shape index (κ1) is 15.2. The van der Waals surface area contributed by atoms with E-state index in [1.165, 1.54) is 0 Å². The predicted octanol–water partition coefficient (Wildman–Crippen LogP) is 3.48. The van der Waals surface area contributed by atoms with Crippen molar-refractivity contribution in [3.8, 4) is 0 Å². The Morgan fingerprint density at radius 1 is 1.24 bits per heavy atom. The lowest BCUT2D eigenvalue weighted by atomic mass is 10.2. The monoisotopic (exact) mass is 318 g/mol. The van der Waals surface area contributed by atoms with Crippen LogP contribution in [0.4, 0.5) is 17.6 Å². The predicted molar refractivity (Wildman–Crippen MR) is 64.5 cm³/mol. The molecular weight excluding hydrogens is 312 g/mol. The molecule has 1 N–H and O–H groups in total. The number of hydrogen-bond acceptors (Lipinski definition) is 4. The van der Waals surface area contributed by atoms with Crippen LogP contribution in [0.2, 0.25) is 0 Å². The first-order valence-corrected chi connectivity index (χ1v) is 6.20. The van der Waals surface area contributed by atoms with Crippen LogP contribution in [-0.4, -0.2) is 21.0 Å². The summed E-state index contributed by atoms with van der Waals surface area (Å²) in [4.78, 5) is 17.5. The molecule has 0 aliphatic heterocycles. The molecule has 0 atom stereocenters. The van der Waals surface area contributed by atoms with Crippen LogP contribution in [0.25, 0.3) is 0 Å². The van der Waals surface area contributed by atoms with Crippen molar-refractivity contribution in [3.63, 3.8) is 0 Å². The Balaban J connectivity index is 2.34. The third-order valence-electron chi connectivity index (χ3n) is 2.30. The normalized spacial score (nSPS) is 11.4. The SMILES string of the molecule is O=C(O)c1ccc(F)c(Sc2nccc(C(F)(F)F)n2)c1. The van der Waals surface area contributed by atoms with E-state index in [2.05, 4.69) is 9.97 Å². The van der Waals surface area contributed by atoms with E-state index < -0.39 is 23.7 Å². The largest absolute Gasteiger partial charge is 0.478 e. The fraction of sp³-hybridized carbons (Fsp3) is 0.0833. The van der Waals surface area contributed by atoms with E-state index in [1.807, 2.05) is 0 Å². The molecule has 1 heterocycles. The van der Waals surface area contributed by atoms with Gasteiger partial charge in [0.1, 0.15) is 11.5 Å². The quantitative estimate of drug-likeness (QED) is 0.693. The molecule has 110 valence electrons. The van der Waals surface area contributed by atoms with Crippen molar-refractivity contribution < 1.29 is 27.5 Å². The zero-order valence-electron chi connectivity index (χ0n) is 10.1. The third-order valence-corrected chi connectivity index (χ3v) is 3.22. The number of halogens is 4. The molecule has 0 bridgehead atoms. The van der Waals surface area contributed by atoms with Crippen LogP contribution in [0, 0.1) is 5.82 Å². The third kappa shape index (κ3) is 3.69. The van der Waals surface area contributed by atoms with Crippen LogP contribution in [0.5, 0.6) is 0 Å². The molecule has 4 nitrogen and oxygen atoms in total. The highest BCUT2D eigenvalue weighted by molar-refractivity contribution is 7.99. The van der Waals surface area contributed by atoms with Crippen LogP contribution in [0.3, 0.4) is 0 Å².